The fourth-order valence-electron chi connectivity index (χ4n) is 1.07. The van der Waals surface area contributed by atoms with Gasteiger partial charge in [-0.2, -0.15) is 0 Å². The van der Waals surface area contributed by atoms with Crippen molar-refractivity contribution < 1.29 is 14.3 Å². The number of alkyl halides is 1. The van der Waals surface area contributed by atoms with E-state index in [0.29, 0.717) is 6.54 Å². The molecule has 1 unspecified atom stereocenters. The van der Waals surface area contributed by atoms with Crippen molar-refractivity contribution in [1.82, 2.24) is 4.90 Å². The van der Waals surface area contributed by atoms with E-state index < -0.39 is 10.7 Å². The molecule has 0 saturated heterocycles. The second-order valence-corrected chi connectivity index (χ2v) is 4.59. The predicted molar refractivity (Wildman–Crippen MR) is 60.6 cm³/mol. The zero-order valence-corrected chi connectivity index (χ0v) is 10.8. The van der Waals surface area contributed by atoms with Gasteiger partial charge in [0.25, 0.3) is 0 Å². The number of halogens is 1. The summed E-state index contributed by atoms with van der Waals surface area (Å²) >= 11 is 3.19. The minimum atomic E-state index is -0.441. The van der Waals surface area contributed by atoms with E-state index in [-0.39, 0.29) is 18.6 Å². The molecule has 0 radical (unpaired) electrons. The molecule has 0 aliphatic heterocycles. The lowest BCUT2D eigenvalue weighted by Crippen LogP contribution is -2.43. The summed E-state index contributed by atoms with van der Waals surface area (Å²) in [5, 5.41) is 0. The van der Waals surface area contributed by atoms with Crippen LogP contribution in [0.2, 0.25) is 0 Å². The second kappa shape index (κ2) is 6.79. The summed E-state index contributed by atoms with van der Waals surface area (Å²) in [5.41, 5.74) is 5.10. The van der Waals surface area contributed by atoms with Crippen LogP contribution in [0.3, 0.4) is 0 Å². The van der Waals surface area contributed by atoms with Gasteiger partial charge < -0.3 is 10.5 Å². The number of amides is 1. The maximum atomic E-state index is 11.1. The highest BCUT2D eigenvalue weighted by molar-refractivity contribution is 9.10. The Morgan fingerprint density at radius 1 is 1.47 bits per heavy atom. The van der Waals surface area contributed by atoms with Crippen LogP contribution in [0.4, 0.5) is 0 Å². The number of nitrogens with two attached hydrogens (primary N) is 1. The van der Waals surface area contributed by atoms with E-state index in [1.54, 1.807) is 4.90 Å². The highest BCUT2D eigenvalue weighted by Crippen LogP contribution is 2.07. The quantitative estimate of drug-likeness (QED) is 0.554. The third-order valence-electron chi connectivity index (χ3n) is 1.94. The largest absolute Gasteiger partial charge is 0.468 e. The van der Waals surface area contributed by atoms with Gasteiger partial charge in [0.2, 0.25) is 5.91 Å². The fraction of sp³-hybridized carbons (Fsp3) is 0.778. The molecule has 1 atom stereocenters. The molecule has 0 aliphatic rings. The van der Waals surface area contributed by atoms with Crippen molar-refractivity contribution >= 4 is 27.8 Å². The van der Waals surface area contributed by atoms with E-state index in [1.807, 2.05) is 13.8 Å². The molecule has 88 valence electrons. The highest BCUT2D eigenvalue weighted by atomic mass is 79.9. The first kappa shape index (κ1) is 14.4. The number of hydrogen-bond acceptors (Lipinski definition) is 4. The number of carbonyl (C=O) groups is 2. The van der Waals surface area contributed by atoms with Crippen molar-refractivity contribution in [1.29, 1.82) is 0 Å². The van der Waals surface area contributed by atoms with Gasteiger partial charge >= 0.3 is 5.97 Å². The van der Waals surface area contributed by atoms with Crippen LogP contribution >= 0.6 is 15.9 Å². The number of esters is 1. The lowest BCUT2D eigenvalue weighted by molar-refractivity contribution is -0.140. The Labute approximate surface area is 98.1 Å². The molecule has 0 aliphatic carbocycles. The average molecular weight is 281 g/mol. The number of nitrogens with zero attached hydrogens (tertiary/aromatic N) is 1. The first-order valence-corrected chi connectivity index (χ1v) is 5.54. The molecule has 0 spiro atoms. The molecule has 0 bridgehead atoms. The van der Waals surface area contributed by atoms with Gasteiger partial charge in [0.1, 0.15) is 4.83 Å². The molecule has 5 nitrogen and oxygen atoms in total. The first-order valence-electron chi connectivity index (χ1n) is 4.62. The molecule has 2 N–H and O–H groups in total. The van der Waals surface area contributed by atoms with E-state index in [9.17, 15) is 9.59 Å². The smallest absolute Gasteiger partial charge is 0.320 e. The summed E-state index contributed by atoms with van der Waals surface area (Å²) in [6.07, 6.45) is 0. The lowest BCUT2D eigenvalue weighted by Gasteiger charge is -2.26. The Morgan fingerprint density at radius 3 is 2.33 bits per heavy atom. The summed E-state index contributed by atoms with van der Waals surface area (Å²) < 4.78 is 4.57. The zero-order valence-electron chi connectivity index (χ0n) is 9.20. The van der Waals surface area contributed by atoms with Gasteiger partial charge in [-0.05, 0) is 13.8 Å². The maximum Gasteiger partial charge on any atom is 0.320 e. The van der Waals surface area contributed by atoms with Gasteiger partial charge in [0, 0.05) is 12.6 Å². The van der Waals surface area contributed by atoms with Crippen LogP contribution in [-0.4, -0.2) is 47.8 Å². The van der Waals surface area contributed by atoms with Crippen LogP contribution in [0, 0.1) is 0 Å². The molecule has 0 fully saturated rings. The zero-order chi connectivity index (χ0) is 12.0. The number of ether oxygens (including phenoxy) is 1. The van der Waals surface area contributed by atoms with Gasteiger partial charge in [-0.25, -0.2) is 0 Å². The van der Waals surface area contributed by atoms with Crippen molar-refractivity contribution in [3.63, 3.8) is 0 Å². The van der Waals surface area contributed by atoms with Crippen LogP contribution in [0.15, 0.2) is 0 Å². The molecule has 0 rings (SSSR count). The van der Waals surface area contributed by atoms with Crippen LogP contribution in [0.1, 0.15) is 13.8 Å². The molecule has 0 aromatic carbocycles. The number of primary amides is 1. The van der Waals surface area contributed by atoms with E-state index in [4.69, 9.17) is 5.73 Å². The van der Waals surface area contributed by atoms with Gasteiger partial charge in [-0.15, -0.1) is 0 Å². The van der Waals surface area contributed by atoms with E-state index >= 15 is 0 Å². The minimum absolute atomic E-state index is 0.136. The normalized spacial score (nSPS) is 12.9. The molecular weight excluding hydrogens is 264 g/mol. The third kappa shape index (κ3) is 5.74. The average Bonchev–Trinajstić information content (AvgIpc) is 2.14. The standard InChI is InChI=1S/C9H17BrN2O3/c1-6(2)12(5-8(11)13)4-7(10)9(14)15-3/h6-7H,4-5H2,1-3H3,(H2,11,13). The Morgan fingerprint density at radius 2 is 2.00 bits per heavy atom. The van der Waals surface area contributed by atoms with Gasteiger partial charge in [0.05, 0.1) is 13.7 Å². The van der Waals surface area contributed by atoms with Gasteiger partial charge in [-0.3, -0.25) is 14.5 Å². The van der Waals surface area contributed by atoms with Crippen molar-refractivity contribution in [2.24, 2.45) is 5.73 Å². The topological polar surface area (TPSA) is 72.6 Å². The molecule has 6 heteroatoms. The molecule has 0 heterocycles. The number of hydrogen-bond donors (Lipinski definition) is 1. The summed E-state index contributed by atoms with van der Waals surface area (Å²) in [4.78, 5) is 23.3. The van der Waals surface area contributed by atoms with Crippen molar-refractivity contribution in [2.75, 3.05) is 20.2 Å². The Kier molecular flexibility index (Phi) is 6.51. The molecule has 1 amide bonds. The van der Waals surface area contributed by atoms with Crippen LogP contribution in [-0.2, 0) is 14.3 Å². The van der Waals surface area contributed by atoms with Crippen molar-refractivity contribution in [3.05, 3.63) is 0 Å². The van der Waals surface area contributed by atoms with E-state index in [0.717, 1.165) is 0 Å². The fourth-order valence-corrected chi connectivity index (χ4v) is 1.63. The monoisotopic (exact) mass is 280 g/mol. The number of rotatable bonds is 6. The van der Waals surface area contributed by atoms with Gasteiger partial charge in [-0.1, -0.05) is 15.9 Å². The number of carbonyl (C=O) groups excluding carboxylic acids is 2. The van der Waals surface area contributed by atoms with Crippen molar-refractivity contribution in [3.8, 4) is 0 Å². The van der Waals surface area contributed by atoms with Gasteiger partial charge in [0.15, 0.2) is 0 Å². The summed E-state index contributed by atoms with van der Waals surface area (Å²) in [7, 11) is 1.32. The van der Waals surface area contributed by atoms with E-state index in [1.165, 1.54) is 7.11 Å². The molecule has 0 saturated carbocycles. The Bertz CT molecular complexity index is 233. The summed E-state index contributed by atoms with van der Waals surface area (Å²) in [6, 6.07) is 0.141. The van der Waals surface area contributed by atoms with Crippen LogP contribution < -0.4 is 5.73 Å². The predicted octanol–water partition coefficient (Wildman–Crippen LogP) is 0.119. The highest BCUT2D eigenvalue weighted by Gasteiger charge is 2.21. The molecule has 0 aromatic heterocycles. The Hall–Kier alpha value is -0.620. The second-order valence-electron chi connectivity index (χ2n) is 3.48. The maximum absolute atomic E-state index is 11.1. The van der Waals surface area contributed by atoms with Crippen LogP contribution in [0.25, 0.3) is 0 Å². The molecule has 15 heavy (non-hydrogen) atoms. The summed E-state index contributed by atoms with van der Waals surface area (Å²) in [5.74, 6) is -0.765. The summed E-state index contributed by atoms with van der Waals surface area (Å²) in [6.45, 7) is 4.39. The SMILES string of the molecule is COC(=O)C(Br)CN(CC(N)=O)C(C)C. The van der Waals surface area contributed by atoms with Crippen molar-refractivity contribution in [2.45, 2.75) is 24.7 Å². The first-order chi connectivity index (χ1) is 6.88. The van der Waals surface area contributed by atoms with Crippen LogP contribution in [0.5, 0.6) is 0 Å². The molecule has 0 aromatic rings. The Balaban J connectivity index is 4.28. The third-order valence-corrected chi connectivity index (χ3v) is 2.60. The minimum Gasteiger partial charge on any atom is -0.468 e. The lowest BCUT2D eigenvalue weighted by atomic mass is 10.3. The molecular formula is C9H17BrN2O3. The number of methoxy groups -OCH3 is 1. The van der Waals surface area contributed by atoms with E-state index in [2.05, 4.69) is 20.7 Å².